The molecule has 1 amide bonds. The minimum Gasteiger partial charge on any atom is -0.457 e. The van der Waals surface area contributed by atoms with Crippen LogP contribution in [0.15, 0.2) is 65.8 Å². The van der Waals surface area contributed by atoms with E-state index < -0.39 is 35.1 Å². The zero-order valence-electron chi connectivity index (χ0n) is 21.9. The molecule has 0 saturated carbocycles. The predicted molar refractivity (Wildman–Crippen MR) is 139 cm³/mol. The van der Waals surface area contributed by atoms with Gasteiger partial charge in [0.05, 0.1) is 11.7 Å². The molecule has 8 atom stereocenters. The summed E-state index contributed by atoms with van der Waals surface area (Å²) in [6, 6.07) is 9.76. The molecule has 3 N–H and O–H groups in total. The van der Waals surface area contributed by atoms with Crippen LogP contribution < -0.4 is 5.32 Å². The van der Waals surface area contributed by atoms with Gasteiger partial charge in [-0.1, -0.05) is 61.1 Å². The van der Waals surface area contributed by atoms with Crippen molar-refractivity contribution in [2.45, 2.75) is 77.7 Å². The van der Waals surface area contributed by atoms with Crippen molar-refractivity contribution < 1.29 is 24.5 Å². The van der Waals surface area contributed by atoms with E-state index in [1.54, 1.807) is 19.1 Å². The number of rotatable bonds is 3. The van der Waals surface area contributed by atoms with Crippen LogP contribution >= 0.6 is 0 Å². The number of aliphatic hydroxyl groups excluding tert-OH is 1. The lowest BCUT2D eigenvalue weighted by atomic mass is 9.54. The number of carbonyl (C=O) groups is 2. The molecule has 0 aromatic heterocycles. The van der Waals surface area contributed by atoms with Gasteiger partial charge in [-0.3, -0.25) is 9.59 Å². The minimum atomic E-state index is -1.26. The minimum absolute atomic E-state index is 0.181. The molecule has 36 heavy (non-hydrogen) atoms. The summed E-state index contributed by atoms with van der Waals surface area (Å²) in [7, 11) is 0. The molecule has 4 rings (SSSR count). The number of allylic oxidation sites excluding steroid dienone is 1. The molecule has 0 unspecified atom stereocenters. The number of hydrogen-bond acceptors (Lipinski definition) is 5. The van der Waals surface area contributed by atoms with Crippen LogP contribution in [-0.4, -0.2) is 45.9 Å². The second-order valence-electron chi connectivity index (χ2n) is 11.2. The van der Waals surface area contributed by atoms with Crippen molar-refractivity contribution in [1.82, 2.24) is 5.32 Å². The van der Waals surface area contributed by atoms with Crippen LogP contribution in [0.4, 0.5) is 0 Å². The van der Waals surface area contributed by atoms with Crippen LogP contribution in [0.2, 0.25) is 0 Å². The van der Waals surface area contributed by atoms with Gasteiger partial charge in [-0.25, -0.2) is 0 Å². The molecule has 194 valence electrons. The number of esters is 1. The number of amides is 1. The molecule has 1 spiro atoms. The lowest BCUT2D eigenvalue weighted by Crippen LogP contribution is -2.58. The van der Waals surface area contributed by atoms with E-state index in [9.17, 15) is 19.8 Å². The highest BCUT2D eigenvalue weighted by atomic mass is 16.5. The van der Waals surface area contributed by atoms with E-state index in [1.165, 1.54) is 6.92 Å². The van der Waals surface area contributed by atoms with Crippen molar-refractivity contribution in [3.8, 4) is 0 Å². The molecule has 1 aromatic rings. The second kappa shape index (κ2) is 9.98. The Kier molecular flexibility index (Phi) is 7.31. The van der Waals surface area contributed by atoms with Crippen LogP contribution in [0.25, 0.3) is 0 Å². The molecule has 1 aromatic carbocycles. The van der Waals surface area contributed by atoms with E-state index in [0.717, 1.165) is 16.7 Å². The number of ether oxygens (including phenoxy) is 1. The predicted octanol–water partition coefficient (Wildman–Crippen LogP) is 3.88. The van der Waals surface area contributed by atoms with Crippen molar-refractivity contribution in [2.75, 3.05) is 0 Å². The lowest BCUT2D eigenvalue weighted by Gasteiger charge is -2.49. The third-order valence-corrected chi connectivity index (χ3v) is 8.39. The summed E-state index contributed by atoms with van der Waals surface area (Å²) in [5.74, 6) is -1.49. The Morgan fingerprint density at radius 3 is 2.53 bits per heavy atom. The monoisotopic (exact) mass is 493 g/mol. The van der Waals surface area contributed by atoms with Crippen molar-refractivity contribution in [3.63, 3.8) is 0 Å². The zero-order chi connectivity index (χ0) is 26.3. The van der Waals surface area contributed by atoms with E-state index >= 15 is 0 Å². The largest absolute Gasteiger partial charge is 0.457 e. The molecule has 1 aliphatic heterocycles. The maximum Gasteiger partial charge on any atom is 0.303 e. The molecule has 3 aliphatic rings. The molecule has 0 bridgehead atoms. The van der Waals surface area contributed by atoms with Gasteiger partial charge >= 0.3 is 5.97 Å². The van der Waals surface area contributed by atoms with E-state index in [-0.39, 0.29) is 23.8 Å². The van der Waals surface area contributed by atoms with Gasteiger partial charge in [0.1, 0.15) is 11.5 Å². The maximum absolute atomic E-state index is 14.2. The smallest absolute Gasteiger partial charge is 0.303 e. The molecule has 6 heteroatoms. The molecule has 1 saturated heterocycles. The first kappa shape index (κ1) is 26.4. The Hall–Kier alpha value is -2.70. The highest BCUT2D eigenvalue weighted by molar-refractivity contribution is 5.89. The Bertz CT molecular complexity index is 1090. The van der Waals surface area contributed by atoms with Gasteiger partial charge in [0.2, 0.25) is 5.91 Å². The molecule has 2 aliphatic carbocycles. The molecule has 1 heterocycles. The van der Waals surface area contributed by atoms with Gasteiger partial charge < -0.3 is 20.3 Å². The first-order valence-corrected chi connectivity index (χ1v) is 12.9. The molecule has 1 fully saturated rings. The highest BCUT2D eigenvalue weighted by Crippen LogP contribution is 2.57. The van der Waals surface area contributed by atoms with Gasteiger partial charge in [-0.2, -0.15) is 0 Å². The third-order valence-electron chi connectivity index (χ3n) is 8.39. The van der Waals surface area contributed by atoms with Crippen LogP contribution in [0.1, 0.15) is 53.0 Å². The normalized spacial score (nSPS) is 40.4. The van der Waals surface area contributed by atoms with Gasteiger partial charge in [0.25, 0.3) is 0 Å². The average Bonchev–Trinajstić information content (AvgIpc) is 3.08. The van der Waals surface area contributed by atoms with Crippen LogP contribution in [0.3, 0.4) is 0 Å². The number of carbonyl (C=O) groups excluding carboxylic acids is 2. The zero-order valence-corrected chi connectivity index (χ0v) is 21.9. The van der Waals surface area contributed by atoms with Gasteiger partial charge in [-0.15, -0.1) is 0 Å². The lowest BCUT2D eigenvalue weighted by molar-refractivity contribution is -0.161. The molecular weight excluding hydrogens is 454 g/mol. The van der Waals surface area contributed by atoms with E-state index in [4.69, 9.17) is 4.74 Å². The van der Waals surface area contributed by atoms with Gasteiger partial charge in [0, 0.05) is 24.8 Å². The summed E-state index contributed by atoms with van der Waals surface area (Å²) in [5, 5.41) is 25.9. The van der Waals surface area contributed by atoms with E-state index in [1.807, 2.05) is 56.3 Å². The fourth-order valence-corrected chi connectivity index (χ4v) is 6.76. The molecule has 6 nitrogen and oxygen atoms in total. The van der Waals surface area contributed by atoms with Crippen LogP contribution in [0, 0.1) is 23.2 Å². The van der Waals surface area contributed by atoms with Crippen LogP contribution in [0.5, 0.6) is 0 Å². The Morgan fingerprint density at radius 2 is 1.86 bits per heavy atom. The topological polar surface area (TPSA) is 95.9 Å². The SMILES string of the molecule is CC(=O)O[C@@H]1/C=C/[C@](C)(O)C[C@@H](C)C/C=C/[C@H]2[C@H](O)C(C)=C(C)[C@@H]3[C@H](Cc4ccccc4)NC(=O)[C@@]312. The van der Waals surface area contributed by atoms with Crippen LogP contribution in [-0.2, 0) is 20.7 Å². The second-order valence-corrected chi connectivity index (χ2v) is 11.2. The first-order chi connectivity index (χ1) is 17.0. The molecular formula is C30H39NO5. The Morgan fingerprint density at radius 1 is 1.17 bits per heavy atom. The highest BCUT2D eigenvalue weighted by Gasteiger charge is 2.67. The van der Waals surface area contributed by atoms with E-state index in [0.29, 0.717) is 19.3 Å². The number of hydrogen-bond donors (Lipinski definition) is 3. The Balaban J connectivity index is 1.94. The molecule has 0 radical (unpaired) electrons. The quantitative estimate of drug-likeness (QED) is 0.439. The van der Waals surface area contributed by atoms with Crippen molar-refractivity contribution in [3.05, 3.63) is 71.3 Å². The van der Waals surface area contributed by atoms with E-state index in [2.05, 4.69) is 12.2 Å². The fourth-order valence-electron chi connectivity index (χ4n) is 6.76. The maximum atomic E-state index is 14.2. The number of nitrogens with one attached hydrogen (secondary N) is 1. The first-order valence-electron chi connectivity index (χ1n) is 12.9. The van der Waals surface area contributed by atoms with Gasteiger partial charge in [-0.05, 0) is 63.2 Å². The summed E-state index contributed by atoms with van der Waals surface area (Å²) in [5.41, 5.74) is 0.485. The fraction of sp³-hybridized carbons (Fsp3) is 0.533. The summed E-state index contributed by atoms with van der Waals surface area (Å²) >= 11 is 0. The third kappa shape index (κ3) is 4.69. The summed E-state index contributed by atoms with van der Waals surface area (Å²) in [6.45, 7) is 9.03. The standard InChI is InChI=1S/C30H39NO5/c1-18-10-9-13-23-27(33)20(3)19(2)26-24(16-22-11-7-6-8-12-22)31-28(34)30(23,26)25(36-21(4)32)14-15-29(5,35)17-18/h6-9,11-15,18,23-27,33,35H,10,16-17H2,1-5H3,(H,31,34)/b13-9+,15-14+/t18-,23-,24-,25+,26+,27+,29-,30+/m0/s1. The number of aliphatic hydroxyl groups is 2. The summed E-state index contributed by atoms with van der Waals surface area (Å²) in [6.07, 6.45) is 7.26. The van der Waals surface area contributed by atoms with Crippen molar-refractivity contribution >= 4 is 11.9 Å². The number of benzene rings is 1. The summed E-state index contributed by atoms with van der Waals surface area (Å²) < 4.78 is 5.89. The average molecular weight is 494 g/mol. The Labute approximate surface area is 214 Å². The van der Waals surface area contributed by atoms with Gasteiger partial charge in [0.15, 0.2) is 0 Å². The van der Waals surface area contributed by atoms with Crippen molar-refractivity contribution in [2.24, 2.45) is 23.2 Å². The van der Waals surface area contributed by atoms with Crippen molar-refractivity contribution in [1.29, 1.82) is 0 Å². The summed E-state index contributed by atoms with van der Waals surface area (Å²) in [4.78, 5) is 26.5.